The lowest BCUT2D eigenvalue weighted by atomic mass is 10.2. The fourth-order valence-electron chi connectivity index (χ4n) is 2.30. The average molecular weight is 325 g/mol. The van der Waals surface area contributed by atoms with Crippen LogP contribution >= 0.6 is 11.3 Å². The number of hydrogen-bond donors (Lipinski definition) is 0. The summed E-state index contributed by atoms with van der Waals surface area (Å²) in [6, 6.07) is 7.84. The van der Waals surface area contributed by atoms with E-state index in [0.717, 1.165) is 18.4 Å². The van der Waals surface area contributed by atoms with Gasteiger partial charge in [-0.25, -0.2) is 12.8 Å². The molecular weight excluding hydrogens is 309 g/mol. The second-order valence-electron chi connectivity index (χ2n) is 5.29. The molecule has 0 atom stereocenters. The Morgan fingerprint density at radius 3 is 2.67 bits per heavy atom. The van der Waals surface area contributed by atoms with E-state index < -0.39 is 15.8 Å². The number of thiophene rings is 1. The van der Waals surface area contributed by atoms with Crippen molar-refractivity contribution in [2.24, 2.45) is 0 Å². The summed E-state index contributed by atoms with van der Waals surface area (Å²) in [4.78, 5) is 0. The van der Waals surface area contributed by atoms with Gasteiger partial charge in [0.1, 0.15) is 5.82 Å². The maximum atomic E-state index is 13.2. The van der Waals surface area contributed by atoms with Gasteiger partial charge in [-0.2, -0.15) is 15.6 Å². The summed E-state index contributed by atoms with van der Waals surface area (Å²) in [5.74, 6) is -0.552. The van der Waals surface area contributed by atoms with Gasteiger partial charge in [0.05, 0.1) is 5.75 Å². The van der Waals surface area contributed by atoms with Crippen molar-refractivity contribution in [1.29, 1.82) is 0 Å². The first-order valence-corrected chi connectivity index (χ1v) is 9.35. The third kappa shape index (κ3) is 3.70. The Balaban J connectivity index is 1.80. The van der Waals surface area contributed by atoms with Gasteiger partial charge in [-0.15, -0.1) is 0 Å². The molecule has 0 radical (unpaired) electrons. The highest BCUT2D eigenvalue weighted by molar-refractivity contribution is 7.88. The summed E-state index contributed by atoms with van der Waals surface area (Å²) in [5.41, 5.74) is 1.50. The molecule has 1 aliphatic carbocycles. The number of sulfonamides is 1. The molecule has 3 nitrogen and oxygen atoms in total. The van der Waals surface area contributed by atoms with Gasteiger partial charge in [0.25, 0.3) is 0 Å². The molecule has 0 N–H and O–H groups in total. The van der Waals surface area contributed by atoms with Crippen LogP contribution in [0.25, 0.3) is 0 Å². The van der Waals surface area contributed by atoms with Crippen LogP contribution in [-0.4, -0.2) is 18.8 Å². The lowest BCUT2D eigenvalue weighted by Gasteiger charge is -2.21. The first-order valence-electron chi connectivity index (χ1n) is 6.80. The largest absolute Gasteiger partial charge is 0.218 e. The van der Waals surface area contributed by atoms with Gasteiger partial charge >= 0.3 is 0 Å². The number of halogens is 1. The van der Waals surface area contributed by atoms with Crippen molar-refractivity contribution in [3.63, 3.8) is 0 Å². The quantitative estimate of drug-likeness (QED) is 0.816. The molecule has 3 rings (SSSR count). The molecule has 1 fully saturated rings. The Kier molecular flexibility index (Phi) is 4.10. The molecule has 6 heteroatoms. The van der Waals surface area contributed by atoms with E-state index >= 15 is 0 Å². The van der Waals surface area contributed by atoms with Gasteiger partial charge in [0.2, 0.25) is 10.0 Å². The molecular formula is C15H16FNO2S2. The molecule has 1 saturated carbocycles. The molecule has 0 bridgehead atoms. The molecule has 2 aromatic rings. The predicted octanol–water partition coefficient (Wildman–Crippen LogP) is 3.38. The first kappa shape index (κ1) is 14.7. The maximum absolute atomic E-state index is 13.2. The summed E-state index contributed by atoms with van der Waals surface area (Å²) < 4.78 is 40.0. The van der Waals surface area contributed by atoms with Gasteiger partial charge in [-0.05, 0) is 52.9 Å². The topological polar surface area (TPSA) is 37.4 Å². The molecule has 1 heterocycles. The van der Waals surface area contributed by atoms with E-state index in [-0.39, 0.29) is 11.8 Å². The second kappa shape index (κ2) is 5.87. The summed E-state index contributed by atoms with van der Waals surface area (Å²) in [6.45, 7) is 0.409. The molecule has 112 valence electrons. The van der Waals surface area contributed by atoms with Gasteiger partial charge in [0, 0.05) is 12.6 Å². The zero-order valence-corrected chi connectivity index (χ0v) is 13.0. The highest BCUT2D eigenvalue weighted by Crippen LogP contribution is 2.32. The van der Waals surface area contributed by atoms with Crippen LogP contribution in [0.1, 0.15) is 24.0 Å². The SMILES string of the molecule is O=S(=O)(Cc1cccc(F)c1)N(Cc1ccsc1)C1CC1. The third-order valence-corrected chi connectivity index (χ3v) is 6.04. The van der Waals surface area contributed by atoms with E-state index in [9.17, 15) is 12.8 Å². The highest BCUT2D eigenvalue weighted by atomic mass is 32.2. The van der Waals surface area contributed by atoms with Crippen LogP contribution in [0.3, 0.4) is 0 Å². The lowest BCUT2D eigenvalue weighted by Crippen LogP contribution is -2.33. The van der Waals surface area contributed by atoms with Crippen molar-refractivity contribution in [2.45, 2.75) is 31.2 Å². The van der Waals surface area contributed by atoms with Gasteiger partial charge in [-0.1, -0.05) is 12.1 Å². The van der Waals surface area contributed by atoms with Gasteiger partial charge < -0.3 is 0 Å². The molecule has 0 saturated heterocycles. The Hall–Kier alpha value is -1.24. The Bertz CT molecular complexity index is 709. The van der Waals surface area contributed by atoms with E-state index in [4.69, 9.17) is 0 Å². The molecule has 0 aliphatic heterocycles. The van der Waals surface area contributed by atoms with Crippen LogP contribution in [0.5, 0.6) is 0 Å². The van der Waals surface area contributed by atoms with E-state index in [1.807, 2.05) is 16.8 Å². The zero-order chi connectivity index (χ0) is 14.9. The summed E-state index contributed by atoms with van der Waals surface area (Å²) >= 11 is 1.56. The minimum Gasteiger partial charge on any atom is -0.212 e. The van der Waals surface area contributed by atoms with E-state index in [0.29, 0.717) is 12.1 Å². The molecule has 1 aromatic carbocycles. The predicted molar refractivity (Wildman–Crippen MR) is 81.9 cm³/mol. The summed E-state index contributed by atoms with van der Waals surface area (Å²) in [5, 5.41) is 3.91. The maximum Gasteiger partial charge on any atom is 0.218 e. The number of hydrogen-bond acceptors (Lipinski definition) is 3. The van der Waals surface area contributed by atoms with Gasteiger partial charge in [-0.3, -0.25) is 0 Å². The molecule has 0 amide bonds. The highest BCUT2D eigenvalue weighted by Gasteiger charge is 2.37. The van der Waals surface area contributed by atoms with Crippen LogP contribution in [0, 0.1) is 5.82 Å². The van der Waals surface area contributed by atoms with Crippen LogP contribution in [-0.2, 0) is 22.3 Å². The van der Waals surface area contributed by atoms with Crippen LogP contribution in [0.4, 0.5) is 4.39 Å². The van der Waals surface area contributed by atoms with Crippen molar-refractivity contribution in [2.75, 3.05) is 0 Å². The molecule has 0 unspecified atom stereocenters. The fraction of sp³-hybridized carbons (Fsp3) is 0.333. The Morgan fingerprint density at radius 2 is 2.05 bits per heavy atom. The van der Waals surface area contributed by atoms with Gasteiger partial charge in [0.15, 0.2) is 0 Å². The Labute approximate surface area is 128 Å². The molecule has 0 spiro atoms. The van der Waals surface area contributed by atoms with Crippen molar-refractivity contribution < 1.29 is 12.8 Å². The third-order valence-electron chi connectivity index (χ3n) is 3.47. The number of rotatable bonds is 6. The smallest absolute Gasteiger partial charge is 0.212 e. The van der Waals surface area contributed by atoms with Crippen LogP contribution in [0.15, 0.2) is 41.1 Å². The normalized spacial score (nSPS) is 15.5. The monoisotopic (exact) mass is 325 g/mol. The first-order chi connectivity index (χ1) is 10.0. The number of nitrogens with zero attached hydrogens (tertiary/aromatic N) is 1. The molecule has 21 heavy (non-hydrogen) atoms. The van der Waals surface area contributed by atoms with Crippen molar-refractivity contribution in [3.8, 4) is 0 Å². The molecule has 1 aliphatic rings. The van der Waals surface area contributed by atoms with E-state index in [1.165, 1.54) is 12.1 Å². The second-order valence-corrected chi connectivity index (χ2v) is 8.00. The number of benzene rings is 1. The zero-order valence-electron chi connectivity index (χ0n) is 11.4. The van der Waals surface area contributed by atoms with Crippen LogP contribution < -0.4 is 0 Å². The summed E-state index contributed by atoms with van der Waals surface area (Å²) in [7, 11) is -3.43. The lowest BCUT2D eigenvalue weighted by molar-refractivity contribution is 0.398. The van der Waals surface area contributed by atoms with Crippen molar-refractivity contribution in [3.05, 3.63) is 58.0 Å². The minimum absolute atomic E-state index is 0.100. The van der Waals surface area contributed by atoms with Crippen molar-refractivity contribution in [1.82, 2.24) is 4.31 Å². The fourth-order valence-corrected chi connectivity index (χ4v) is 4.74. The van der Waals surface area contributed by atoms with E-state index in [2.05, 4.69) is 0 Å². The minimum atomic E-state index is -3.43. The average Bonchev–Trinajstić information content (AvgIpc) is 3.11. The Morgan fingerprint density at radius 1 is 1.24 bits per heavy atom. The van der Waals surface area contributed by atoms with E-state index in [1.54, 1.807) is 27.8 Å². The molecule has 1 aromatic heterocycles. The standard InChI is InChI=1S/C15H16FNO2S2/c16-14-3-1-2-12(8-14)11-21(18,19)17(15-4-5-15)9-13-6-7-20-10-13/h1-3,6-8,10,15H,4-5,9,11H2. The summed E-state index contributed by atoms with van der Waals surface area (Å²) in [6.07, 6.45) is 1.82. The van der Waals surface area contributed by atoms with Crippen molar-refractivity contribution >= 4 is 21.4 Å². The van der Waals surface area contributed by atoms with Crippen LogP contribution in [0.2, 0.25) is 0 Å².